The molecule has 0 aliphatic carbocycles. The maximum absolute atomic E-state index is 12.0. The number of nitrogens with zero attached hydrogens (tertiary/aromatic N) is 2. The standard InChI is InChI=1S/C14H17N3O3/c1-8(2)10(7-18)17-6-4-11(19)12-9(17)3-5-16-13(12)14(15)20/h3-6,8,10,18H,7H2,1-2H3,(H2,15,20)/t10-/m1/s1. The highest BCUT2D eigenvalue weighted by Gasteiger charge is 2.19. The first-order valence-electron chi connectivity index (χ1n) is 6.38. The molecule has 0 aromatic carbocycles. The van der Waals surface area contributed by atoms with Crippen LogP contribution in [0.15, 0.2) is 29.3 Å². The van der Waals surface area contributed by atoms with Crippen molar-refractivity contribution >= 4 is 16.8 Å². The molecule has 2 heterocycles. The number of amides is 1. The first-order valence-corrected chi connectivity index (χ1v) is 6.38. The van der Waals surface area contributed by atoms with Crippen molar-refractivity contribution in [2.45, 2.75) is 19.9 Å². The number of carbonyl (C=O) groups excluding carboxylic acids is 1. The number of fused-ring (bicyclic) bond motifs is 1. The van der Waals surface area contributed by atoms with E-state index in [1.165, 1.54) is 12.3 Å². The number of primary amides is 1. The van der Waals surface area contributed by atoms with Gasteiger partial charge in [0.25, 0.3) is 5.91 Å². The largest absolute Gasteiger partial charge is 0.394 e. The molecule has 0 aliphatic heterocycles. The lowest BCUT2D eigenvalue weighted by molar-refractivity contribution is 0.0997. The summed E-state index contributed by atoms with van der Waals surface area (Å²) in [5.41, 5.74) is 5.47. The highest BCUT2D eigenvalue weighted by Crippen LogP contribution is 2.22. The van der Waals surface area contributed by atoms with Crippen LogP contribution in [0.5, 0.6) is 0 Å². The van der Waals surface area contributed by atoms with Gasteiger partial charge in [-0.2, -0.15) is 0 Å². The van der Waals surface area contributed by atoms with Gasteiger partial charge in [-0.25, -0.2) is 0 Å². The van der Waals surface area contributed by atoms with Gasteiger partial charge in [-0.1, -0.05) is 13.8 Å². The molecule has 2 rings (SSSR count). The van der Waals surface area contributed by atoms with E-state index in [-0.39, 0.29) is 35.1 Å². The van der Waals surface area contributed by atoms with Gasteiger partial charge in [-0.05, 0) is 12.0 Å². The predicted octanol–water partition coefficient (Wildman–Crippen LogP) is 0.685. The number of carbonyl (C=O) groups is 1. The number of aromatic nitrogens is 2. The van der Waals surface area contributed by atoms with E-state index in [2.05, 4.69) is 4.98 Å². The lowest BCUT2D eigenvalue weighted by atomic mass is 10.0. The predicted molar refractivity (Wildman–Crippen MR) is 75.5 cm³/mol. The summed E-state index contributed by atoms with van der Waals surface area (Å²) in [7, 11) is 0. The fourth-order valence-electron chi connectivity index (χ4n) is 2.32. The average molecular weight is 275 g/mol. The number of hydrogen-bond acceptors (Lipinski definition) is 4. The van der Waals surface area contributed by atoms with Crippen LogP contribution in [0.2, 0.25) is 0 Å². The Hall–Kier alpha value is -2.21. The second-order valence-corrected chi connectivity index (χ2v) is 5.00. The lowest BCUT2D eigenvalue weighted by Gasteiger charge is -2.24. The van der Waals surface area contributed by atoms with Crippen LogP contribution in [0.3, 0.4) is 0 Å². The zero-order chi connectivity index (χ0) is 14.9. The zero-order valence-electron chi connectivity index (χ0n) is 11.4. The number of rotatable bonds is 4. The summed E-state index contributed by atoms with van der Waals surface area (Å²) in [5.74, 6) is -0.577. The summed E-state index contributed by atoms with van der Waals surface area (Å²) in [4.78, 5) is 27.3. The molecule has 2 aromatic heterocycles. The van der Waals surface area contributed by atoms with Crippen LogP contribution >= 0.6 is 0 Å². The van der Waals surface area contributed by atoms with Crippen LogP contribution in [0.1, 0.15) is 30.4 Å². The van der Waals surface area contributed by atoms with E-state index in [4.69, 9.17) is 5.73 Å². The van der Waals surface area contributed by atoms with Gasteiger partial charge in [-0.15, -0.1) is 0 Å². The van der Waals surface area contributed by atoms with Crippen LogP contribution in [-0.4, -0.2) is 27.2 Å². The second-order valence-electron chi connectivity index (χ2n) is 5.00. The van der Waals surface area contributed by atoms with Crippen LogP contribution in [-0.2, 0) is 0 Å². The number of hydrogen-bond donors (Lipinski definition) is 2. The Morgan fingerprint density at radius 1 is 1.45 bits per heavy atom. The van der Waals surface area contributed by atoms with Crippen molar-refractivity contribution in [3.05, 3.63) is 40.4 Å². The summed E-state index contributed by atoms with van der Waals surface area (Å²) < 4.78 is 1.79. The number of aliphatic hydroxyl groups is 1. The SMILES string of the molecule is CC(C)[C@@H](CO)n1ccc(=O)c2c(C(N)=O)nccc21. The molecule has 106 valence electrons. The van der Waals surface area contributed by atoms with Gasteiger partial charge in [-0.3, -0.25) is 14.6 Å². The van der Waals surface area contributed by atoms with E-state index in [1.54, 1.807) is 16.8 Å². The minimum Gasteiger partial charge on any atom is -0.394 e. The van der Waals surface area contributed by atoms with Gasteiger partial charge in [0, 0.05) is 18.5 Å². The van der Waals surface area contributed by atoms with Gasteiger partial charge in [0.2, 0.25) is 0 Å². The normalized spacial score (nSPS) is 12.8. The Balaban J connectivity index is 2.83. The topological polar surface area (TPSA) is 98.2 Å². The molecule has 3 N–H and O–H groups in total. The van der Waals surface area contributed by atoms with E-state index in [0.717, 1.165) is 0 Å². The van der Waals surface area contributed by atoms with Crippen molar-refractivity contribution in [2.24, 2.45) is 11.7 Å². The minimum atomic E-state index is -0.740. The molecule has 0 bridgehead atoms. The number of aliphatic hydroxyl groups excluding tert-OH is 1. The second kappa shape index (κ2) is 5.42. The van der Waals surface area contributed by atoms with Crippen LogP contribution in [0, 0.1) is 5.92 Å². The first-order chi connectivity index (χ1) is 9.47. The molecule has 0 saturated carbocycles. The van der Waals surface area contributed by atoms with Crippen LogP contribution < -0.4 is 11.2 Å². The summed E-state index contributed by atoms with van der Waals surface area (Å²) in [6.45, 7) is 3.88. The molecule has 0 unspecified atom stereocenters. The Bertz CT molecular complexity index is 706. The van der Waals surface area contributed by atoms with E-state index >= 15 is 0 Å². The first kappa shape index (κ1) is 14.2. The van der Waals surface area contributed by atoms with Crippen LogP contribution in [0.25, 0.3) is 10.9 Å². The van der Waals surface area contributed by atoms with Crippen molar-refractivity contribution in [1.29, 1.82) is 0 Å². The maximum atomic E-state index is 12.0. The molecule has 0 fully saturated rings. The molecule has 1 amide bonds. The van der Waals surface area contributed by atoms with Gasteiger partial charge in [0.15, 0.2) is 5.43 Å². The molecule has 6 heteroatoms. The molecule has 6 nitrogen and oxygen atoms in total. The molecule has 0 spiro atoms. The zero-order valence-corrected chi connectivity index (χ0v) is 11.4. The highest BCUT2D eigenvalue weighted by atomic mass is 16.3. The van der Waals surface area contributed by atoms with Crippen molar-refractivity contribution in [1.82, 2.24) is 9.55 Å². The molecule has 2 aromatic rings. The summed E-state index contributed by atoms with van der Waals surface area (Å²) in [6, 6.07) is 2.82. The van der Waals surface area contributed by atoms with Gasteiger partial charge in [0.05, 0.1) is 23.6 Å². The quantitative estimate of drug-likeness (QED) is 0.857. The third kappa shape index (κ3) is 2.30. The summed E-state index contributed by atoms with van der Waals surface area (Å²) in [5, 5.41) is 9.75. The number of nitrogens with two attached hydrogens (primary N) is 1. The molecular formula is C14H17N3O3. The van der Waals surface area contributed by atoms with Crippen LogP contribution in [0.4, 0.5) is 0 Å². The molecular weight excluding hydrogens is 258 g/mol. The average Bonchev–Trinajstić information content (AvgIpc) is 2.41. The van der Waals surface area contributed by atoms with Crippen molar-refractivity contribution in [3.8, 4) is 0 Å². The maximum Gasteiger partial charge on any atom is 0.268 e. The van der Waals surface area contributed by atoms with Gasteiger partial charge >= 0.3 is 0 Å². The number of pyridine rings is 2. The smallest absolute Gasteiger partial charge is 0.268 e. The molecule has 1 atom stereocenters. The van der Waals surface area contributed by atoms with Crippen molar-refractivity contribution in [2.75, 3.05) is 6.61 Å². The van der Waals surface area contributed by atoms with Gasteiger partial charge in [0.1, 0.15) is 5.69 Å². The fourth-order valence-corrected chi connectivity index (χ4v) is 2.32. The highest BCUT2D eigenvalue weighted by molar-refractivity contribution is 6.03. The van der Waals surface area contributed by atoms with Gasteiger partial charge < -0.3 is 15.4 Å². The molecule has 0 radical (unpaired) electrons. The molecule has 0 aliphatic rings. The molecule has 0 saturated heterocycles. The Morgan fingerprint density at radius 3 is 2.70 bits per heavy atom. The molecule has 20 heavy (non-hydrogen) atoms. The Labute approximate surface area is 115 Å². The Kier molecular flexibility index (Phi) is 3.85. The van der Waals surface area contributed by atoms with E-state index < -0.39 is 5.91 Å². The minimum absolute atomic E-state index is 0.0395. The third-order valence-electron chi connectivity index (χ3n) is 3.39. The fraction of sp³-hybridized carbons (Fsp3) is 0.357. The van der Waals surface area contributed by atoms with E-state index in [0.29, 0.717) is 5.52 Å². The summed E-state index contributed by atoms with van der Waals surface area (Å²) >= 11 is 0. The van der Waals surface area contributed by atoms with Crippen molar-refractivity contribution in [3.63, 3.8) is 0 Å². The van der Waals surface area contributed by atoms with E-state index in [1.807, 2.05) is 13.8 Å². The monoisotopic (exact) mass is 275 g/mol. The van der Waals surface area contributed by atoms with E-state index in [9.17, 15) is 14.7 Å². The lowest BCUT2D eigenvalue weighted by Crippen LogP contribution is -2.23. The van der Waals surface area contributed by atoms with Crippen molar-refractivity contribution < 1.29 is 9.90 Å². The summed E-state index contributed by atoms with van der Waals surface area (Å²) in [6.07, 6.45) is 3.06. The Morgan fingerprint density at radius 2 is 2.15 bits per heavy atom. The third-order valence-corrected chi connectivity index (χ3v) is 3.39.